The summed E-state index contributed by atoms with van der Waals surface area (Å²) in [7, 11) is 0. The highest BCUT2D eigenvalue weighted by molar-refractivity contribution is 5.66. The number of nitrogens with one attached hydrogen (secondary N) is 2. The molecule has 0 aliphatic carbocycles. The molecular weight excluding hydrogens is 150 g/mol. The number of aryl methyl sites for hydroxylation is 1. The molecule has 0 bridgehead atoms. The van der Waals surface area contributed by atoms with Crippen molar-refractivity contribution in [3.63, 3.8) is 0 Å². The average Bonchev–Trinajstić information content (AvgIpc) is 2.17. The van der Waals surface area contributed by atoms with Crippen LogP contribution in [0.1, 0.15) is 12.5 Å². The Hall–Kier alpha value is -1.25. The molecule has 12 heavy (non-hydrogen) atoms. The van der Waals surface area contributed by atoms with Gasteiger partial charge in [-0.25, -0.2) is 4.98 Å². The molecule has 1 aromatic rings. The van der Waals surface area contributed by atoms with Gasteiger partial charge in [0.1, 0.15) is 5.82 Å². The van der Waals surface area contributed by atoms with Crippen LogP contribution in [0.5, 0.6) is 0 Å². The summed E-state index contributed by atoms with van der Waals surface area (Å²) in [5, 5.41) is 6.55. The second-order valence-electron chi connectivity index (χ2n) is 2.95. The minimum atomic E-state index is 0.964. The molecular formula is C9H13N3. The lowest BCUT2D eigenvalue weighted by Crippen LogP contribution is -2.21. The van der Waals surface area contributed by atoms with Crippen LogP contribution >= 0.6 is 0 Å². The summed E-state index contributed by atoms with van der Waals surface area (Å²) in [5.74, 6) is 0.985. The van der Waals surface area contributed by atoms with Crippen molar-refractivity contribution in [1.29, 1.82) is 0 Å². The van der Waals surface area contributed by atoms with Crippen molar-refractivity contribution in [2.24, 2.45) is 0 Å². The number of anilines is 2. The Morgan fingerprint density at radius 3 is 3.08 bits per heavy atom. The predicted octanol–water partition coefficient (Wildman–Crippen LogP) is 1.48. The number of aromatic nitrogens is 1. The Morgan fingerprint density at radius 1 is 1.42 bits per heavy atom. The smallest absolute Gasteiger partial charge is 0.149 e. The van der Waals surface area contributed by atoms with Crippen LogP contribution in [0.4, 0.5) is 11.5 Å². The van der Waals surface area contributed by atoms with Crippen molar-refractivity contribution in [1.82, 2.24) is 4.98 Å². The lowest BCUT2D eigenvalue weighted by molar-refractivity contribution is 1.00. The van der Waals surface area contributed by atoms with E-state index in [1.165, 1.54) is 5.56 Å². The van der Waals surface area contributed by atoms with Crippen LogP contribution in [0, 0.1) is 0 Å². The van der Waals surface area contributed by atoms with Crippen LogP contribution in [0.2, 0.25) is 0 Å². The van der Waals surface area contributed by atoms with Crippen LogP contribution in [-0.4, -0.2) is 18.1 Å². The van der Waals surface area contributed by atoms with Gasteiger partial charge < -0.3 is 10.6 Å². The maximum absolute atomic E-state index is 4.32. The molecule has 2 N–H and O–H groups in total. The fourth-order valence-corrected chi connectivity index (χ4v) is 1.36. The van der Waals surface area contributed by atoms with Crippen LogP contribution in [0.25, 0.3) is 0 Å². The number of rotatable bonds is 1. The summed E-state index contributed by atoms with van der Waals surface area (Å²) in [6.45, 7) is 4.09. The molecule has 0 atom stereocenters. The van der Waals surface area contributed by atoms with E-state index < -0.39 is 0 Å². The van der Waals surface area contributed by atoms with Gasteiger partial charge in [0.25, 0.3) is 0 Å². The second-order valence-corrected chi connectivity index (χ2v) is 2.95. The quantitative estimate of drug-likeness (QED) is 0.658. The third-order valence-electron chi connectivity index (χ3n) is 2.09. The molecule has 0 amide bonds. The standard InChI is InChI=1S/C9H13N3/c1-2-7-5-8-9(12-6-7)11-4-3-10-8/h5-6,10H,2-4H2,1H3,(H,11,12). The third-order valence-corrected chi connectivity index (χ3v) is 2.09. The van der Waals surface area contributed by atoms with Gasteiger partial charge in [-0.15, -0.1) is 0 Å². The Morgan fingerprint density at radius 2 is 2.25 bits per heavy atom. The Balaban J connectivity index is 2.36. The molecule has 1 aliphatic heterocycles. The van der Waals surface area contributed by atoms with Crippen LogP contribution in [0.3, 0.4) is 0 Å². The molecule has 0 aromatic carbocycles. The molecule has 0 radical (unpaired) electrons. The Bertz CT molecular complexity index is 283. The summed E-state index contributed by atoms with van der Waals surface area (Å²) in [6, 6.07) is 2.16. The molecule has 2 rings (SSSR count). The zero-order valence-electron chi connectivity index (χ0n) is 7.22. The van der Waals surface area contributed by atoms with E-state index in [1.54, 1.807) is 0 Å². The fourth-order valence-electron chi connectivity index (χ4n) is 1.36. The molecule has 3 heteroatoms. The molecule has 1 aliphatic rings. The van der Waals surface area contributed by atoms with E-state index in [2.05, 4.69) is 28.6 Å². The van der Waals surface area contributed by atoms with Gasteiger partial charge in [-0.1, -0.05) is 6.92 Å². The van der Waals surface area contributed by atoms with E-state index in [0.717, 1.165) is 31.0 Å². The molecule has 64 valence electrons. The van der Waals surface area contributed by atoms with Gasteiger partial charge in [0.05, 0.1) is 5.69 Å². The third kappa shape index (κ3) is 1.22. The minimum absolute atomic E-state index is 0.964. The number of fused-ring (bicyclic) bond motifs is 1. The number of nitrogens with zero attached hydrogens (tertiary/aromatic N) is 1. The first kappa shape index (κ1) is 7.40. The van der Waals surface area contributed by atoms with Gasteiger partial charge in [-0.3, -0.25) is 0 Å². The van der Waals surface area contributed by atoms with E-state index in [1.807, 2.05) is 6.20 Å². The molecule has 0 saturated heterocycles. The molecule has 0 fully saturated rings. The number of hydrogen-bond acceptors (Lipinski definition) is 3. The lowest BCUT2D eigenvalue weighted by Gasteiger charge is -2.18. The maximum Gasteiger partial charge on any atom is 0.149 e. The van der Waals surface area contributed by atoms with Crippen molar-refractivity contribution >= 4 is 11.5 Å². The summed E-state index contributed by atoms with van der Waals surface area (Å²) < 4.78 is 0. The van der Waals surface area contributed by atoms with Crippen molar-refractivity contribution in [2.75, 3.05) is 23.7 Å². The van der Waals surface area contributed by atoms with Gasteiger partial charge >= 0.3 is 0 Å². The topological polar surface area (TPSA) is 37.0 Å². The van der Waals surface area contributed by atoms with Gasteiger partial charge in [-0.2, -0.15) is 0 Å². The monoisotopic (exact) mass is 163 g/mol. The second kappa shape index (κ2) is 3.01. The van der Waals surface area contributed by atoms with Gasteiger partial charge in [0.2, 0.25) is 0 Å². The molecule has 1 aromatic heterocycles. The van der Waals surface area contributed by atoms with Crippen LogP contribution in [-0.2, 0) is 6.42 Å². The summed E-state index contributed by atoms with van der Waals surface area (Å²) in [6.07, 6.45) is 2.97. The van der Waals surface area contributed by atoms with Crippen LogP contribution in [0.15, 0.2) is 12.3 Å². The maximum atomic E-state index is 4.32. The molecule has 3 nitrogen and oxygen atoms in total. The normalized spacial score (nSPS) is 14.4. The molecule has 0 saturated carbocycles. The highest BCUT2D eigenvalue weighted by atomic mass is 15.1. The van der Waals surface area contributed by atoms with Gasteiger partial charge in [0.15, 0.2) is 0 Å². The highest BCUT2D eigenvalue weighted by Gasteiger charge is 2.07. The lowest BCUT2D eigenvalue weighted by atomic mass is 10.2. The first-order valence-corrected chi connectivity index (χ1v) is 4.37. The summed E-state index contributed by atoms with van der Waals surface area (Å²) in [5.41, 5.74) is 2.42. The van der Waals surface area contributed by atoms with Crippen LogP contribution < -0.4 is 10.6 Å². The van der Waals surface area contributed by atoms with E-state index in [4.69, 9.17) is 0 Å². The van der Waals surface area contributed by atoms with Gasteiger partial charge in [-0.05, 0) is 18.1 Å². The van der Waals surface area contributed by atoms with Crippen molar-refractivity contribution in [3.05, 3.63) is 17.8 Å². The Labute approximate surface area is 72.2 Å². The predicted molar refractivity (Wildman–Crippen MR) is 50.6 cm³/mol. The van der Waals surface area contributed by atoms with Crippen molar-refractivity contribution < 1.29 is 0 Å². The number of hydrogen-bond donors (Lipinski definition) is 2. The zero-order valence-corrected chi connectivity index (χ0v) is 7.22. The van der Waals surface area contributed by atoms with E-state index >= 15 is 0 Å². The Kier molecular flexibility index (Phi) is 1.86. The highest BCUT2D eigenvalue weighted by Crippen LogP contribution is 2.22. The largest absolute Gasteiger partial charge is 0.380 e. The van der Waals surface area contributed by atoms with E-state index in [9.17, 15) is 0 Å². The van der Waals surface area contributed by atoms with E-state index in [-0.39, 0.29) is 0 Å². The van der Waals surface area contributed by atoms with Crippen molar-refractivity contribution in [2.45, 2.75) is 13.3 Å². The summed E-state index contributed by atoms with van der Waals surface area (Å²) >= 11 is 0. The van der Waals surface area contributed by atoms with E-state index in [0.29, 0.717) is 0 Å². The first-order chi connectivity index (χ1) is 5.90. The van der Waals surface area contributed by atoms with Gasteiger partial charge in [0, 0.05) is 19.3 Å². The minimum Gasteiger partial charge on any atom is -0.380 e. The molecule has 0 unspecified atom stereocenters. The average molecular weight is 163 g/mol. The first-order valence-electron chi connectivity index (χ1n) is 4.37. The molecule has 0 spiro atoms. The fraction of sp³-hybridized carbons (Fsp3) is 0.444. The van der Waals surface area contributed by atoms with Crippen molar-refractivity contribution in [3.8, 4) is 0 Å². The molecule has 2 heterocycles. The summed E-state index contributed by atoms with van der Waals surface area (Å²) in [4.78, 5) is 4.32. The SMILES string of the molecule is CCc1cnc2c(c1)NCCN2. The zero-order chi connectivity index (χ0) is 8.39. The number of pyridine rings is 1.